The second kappa shape index (κ2) is 9.35. The number of amides is 1. The largest absolute Gasteiger partial charge is 0.380 e. The van der Waals surface area contributed by atoms with Gasteiger partial charge in [-0.15, -0.1) is 0 Å². The van der Waals surface area contributed by atoms with Crippen LogP contribution >= 0.6 is 0 Å². The number of hydrogen-bond acceptors (Lipinski definition) is 4. The zero-order chi connectivity index (χ0) is 20.1. The molecular formula is C20H31N3O4S. The van der Waals surface area contributed by atoms with E-state index in [1.54, 1.807) is 29.4 Å². The van der Waals surface area contributed by atoms with E-state index in [0.717, 1.165) is 31.2 Å². The molecule has 1 heterocycles. The number of rotatable bonds is 6. The van der Waals surface area contributed by atoms with Gasteiger partial charge >= 0.3 is 0 Å². The molecule has 0 aromatic heterocycles. The molecule has 7 nitrogen and oxygen atoms in total. The van der Waals surface area contributed by atoms with Crippen molar-refractivity contribution in [2.45, 2.75) is 44.8 Å². The molecule has 1 aliphatic heterocycles. The van der Waals surface area contributed by atoms with Crippen LogP contribution in [-0.2, 0) is 21.6 Å². The smallest absolute Gasteiger partial charge is 0.282 e. The molecule has 1 aliphatic carbocycles. The average molecular weight is 410 g/mol. The van der Waals surface area contributed by atoms with Gasteiger partial charge in [0.1, 0.15) is 0 Å². The maximum Gasteiger partial charge on any atom is 0.282 e. The van der Waals surface area contributed by atoms with Gasteiger partial charge in [-0.3, -0.25) is 4.79 Å². The van der Waals surface area contributed by atoms with Gasteiger partial charge in [-0.1, -0.05) is 37.5 Å². The lowest BCUT2D eigenvalue weighted by molar-refractivity contribution is 0.0688. The second-order valence-electron chi connectivity index (χ2n) is 7.60. The Morgan fingerprint density at radius 3 is 2.39 bits per heavy atom. The molecule has 0 N–H and O–H groups in total. The van der Waals surface area contributed by atoms with Crippen molar-refractivity contribution in [1.82, 2.24) is 13.5 Å². The maximum atomic E-state index is 13.0. The third-order valence-electron chi connectivity index (χ3n) is 5.85. The molecule has 156 valence electrons. The lowest BCUT2D eigenvalue weighted by Crippen LogP contribution is -2.55. The normalized spacial score (nSPS) is 19.9. The minimum Gasteiger partial charge on any atom is -0.380 e. The lowest BCUT2D eigenvalue weighted by atomic mass is 9.96. The molecule has 28 heavy (non-hydrogen) atoms. The zero-order valence-corrected chi connectivity index (χ0v) is 17.7. The predicted molar refractivity (Wildman–Crippen MR) is 108 cm³/mol. The summed E-state index contributed by atoms with van der Waals surface area (Å²) >= 11 is 0. The van der Waals surface area contributed by atoms with Gasteiger partial charge in [0.25, 0.3) is 16.1 Å². The van der Waals surface area contributed by atoms with Gasteiger partial charge in [0.05, 0.1) is 6.61 Å². The summed E-state index contributed by atoms with van der Waals surface area (Å²) in [5, 5.41) is 0. The third kappa shape index (κ3) is 4.56. The molecular weight excluding hydrogens is 378 g/mol. The minimum absolute atomic E-state index is 0.0645. The van der Waals surface area contributed by atoms with E-state index in [1.807, 2.05) is 18.2 Å². The third-order valence-corrected chi connectivity index (χ3v) is 7.90. The monoisotopic (exact) mass is 409 g/mol. The first-order valence-corrected chi connectivity index (χ1v) is 11.4. The topological polar surface area (TPSA) is 70.2 Å². The van der Waals surface area contributed by atoms with E-state index in [4.69, 9.17) is 4.74 Å². The Bertz CT molecular complexity index is 769. The van der Waals surface area contributed by atoms with Crippen LogP contribution in [0.2, 0.25) is 0 Å². The second-order valence-corrected chi connectivity index (χ2v) is 9.59. The molecule has 8 heteroatoms. The maximum absolute atomic E-state index is 13.0. The van der Waals surface area contributed by atoms with Crippen molar-refractivity contribution in [3.8, 4) is 0 Å². The van der Waals surface area contributed by atoms with Crippen molar-refractivity contribution >= 4 is 16.1 Å². The molecule has 1 saturated carbocycles. The molecule has 0 spiro atoms. The fraction of sp³-hybridized carbons (Fsp3) is 0.650. The van der Waals surface area contributed by atoms with Crippen LogP contribution in [0.4, 0.5) is 0 Å². The molecule has 2 fully saturated rings. The van der Waals surface area contributed by atoms with E-state index >= 15 is 0 Å². The summed E-state index contributed by atoms with van der Waals surface area (Å²) in [6, 6.07) is 7.51. The molecule has 3 rings (SSSR count). The van der Waals surface area contributed by atoms with Crippen LogP contribution in [0.3, 0.4) is 0 Å². The predicted octanol–water partition coefficient (Wildman–Crippen LogP) is 2.10. The first-order chi connectivity index (χ1) is 13.4. The molecule has 0 atom stereocenters. The van der Waals surface area contributed by atoms with E-state index in [-0.39, 0.29) is 11.9 Å². The molecule has 0 bridgehead atoms. The highest BCUT2D eigenvalue weighted by Gasteiger charge is 2.35. The number of piperazine rings is 1. The van der Waals surface area contributed by atoms with E-state index in [9.17, 15) is 13.2 Å². The van der Waals surface area contributed by atoms with Crippen LogP contribution in [0, 0.1) is 0 Å². The quantitative estimate of drug-likeness (QED) is 0.721. The Labute approximate surface area is 168 Å². The fourth-order valence-corrected chi connectivity index (χ4v) is 5.69. The molecule has 1 amide bonds. The highest BCUT2D eigenvalue weighted by molar-refractivity contribution is 7.86. The minimum atomic E-state index is -3.48. The standard InChI is InChI=1S/C20H31N3O4S/c1-21(18-9-4-3-5-10-18)28(25,26)23-14-12-22(13-15-23)20(24)19-11-7-6-8-17(19)16-27-2/h6-8,11,18H,3-5,9-10,12-16H2,1-2H3. The Balaban J connectivity index is 1.63. The number of nitrogens with zero attached hydrogens (tertiary/aromatic N) is 3. The fourth-order valence-electron chi connectivity index (χ4n) is 4.12. The summed E-state index contributed by atoms with van der Waals surface area (Å²) in [6.07, 6.45) is 5.24. The van der Waals surface area contributed by atoms with Gasteiger partial charge < -0.3 is 9.64 Å². The van der Waals surface area contributed by atoms with Crippen LogP contribution in [-0.4, -0.2) is 74.2 Å². The number of carbonyl (C=O) groups excluding carboxylic acids is 1. The molecule has 0 unspecified atom stereocenters. The van der Waals surface area contributed by atoms with Crippen LogP contribution in [0.5, 0.6) is 0 Å². The van der Waals surface area contributed by atoms with E-state index in [2.05, 4.69) is 0 Å². The van der Waals surface area contributed by atoms with E-state index < -0.39 is 10.2 Å². The SMILES string of the molecule is COCc1ccccc1C(=O)N1CCN(S(=O)(=O)N(C)C2CCCCC2)CC1. The number of carbonyl (C=O) groups is 1. The number of ether oxygens (including phenoxy) is 1. The Morgan fingerprint density at radius 1 is 1.11 bits per heavy atom. The van der Waals surface area contributed by atoms with Crippen molar-refractivity contribution in [2.75, 3.05) is 40.3 Å². The van der Waals surface area contributed by atoms with Gasteiger partial charge in [-0.05, 0) is 24.5 Å². The Kier molecular flexibility index (Phi) is 7.09. The van der Waals surface area contributed by atoms with Crippen LogP contribution in [0.15, 0.2) is 24.3 Å². The van der Waals surface area contributed by atoms with Crippen molar-refractivity contribution in [3.05, 3.63) is 35.4 Å². The highest BCUT2D eigenvalue weighted by atomic mass is 32.2. The van der Waals surface area contributed by atoms with E-state index in [0.29, 0.717) is 38.3 Å². The Hall–Kier alpha value is -1.48. The lowest BCUT2D eigenvalue weighted by Gasteiger charge is -2.38. The summed E-state index contributed by atoms with van der Waals surface area (Å²) in [4.78, 5) is 14.7. The summed E-state index contributed by atoms with van der Waals surface area (Å²) in [6.45, 7) is 1.84. The van der Waals surface area contributed by atoms with Gasteiger partial charge in [-0.25, -0.2) is 0 Å². The van der Waals surface area contributed by atoms with Crippen molar-refractivity contribution in [2.24, 2.45) is 0 Å². The molecule has 0 radical (unpaired) electrons. The van der Waals surface area contributed by atoms with E-state index in [1.165, 1.54) is 10.7 Å². The van der Waals surface area contributed by atoms with Crippen molar-refractivity contribution in [3.63, 3.8) is 0 Å². The highest BCUT2D eigenvalue weighted by Crippen LogP contribution is 2.25. The van der Waals surface area contributed by atoms with Gasteiger partial charge in [-0.2, -0.15) is 17.0 Å². The summed E-state index contributed by atoms with van der Waals surface area (Å²) in [5.41, 5.74) is 1.47. The summed E-state index contributed by atoms with van der Waals surface area (Å²) in [5.74, 6) is -0.0645. The number of benzene rings is 1. The van der Waals surface area contributed by atoms with Crippen molar-refractivity contribution in [1.29, 1.82) is 0 Å². The van der Waals surface area contributed by atoms with Crippen LogP contribution in [0.25, 0.3) is 0 Å². The first kappa shape index (κ1) is 21.2. The Morgan fingerprint density at radius 2 is 1.75 bits per heavy atom. The van der Waals surface area contributed by atoms with Crippen LogP contribution < -0.4 is 0 Å². The van der Waals surface area contributed by atoms with Crippen molar-refractivity contribution < 1.29 is 17.9 Å². The molecule has 2 aliphatic rings. The van der Waals surface area contributed by atoms with Gasteiger partial charge in [0.15, 0.2) is 0 Å². The number of methoxy groups -OCH3 is 1. The van der Waals surface area contributed by atoms with Gasteiger partial charge in [0.2, 0.25) is 0 Å². The summed E-state index contributed by atoms with van der Waals surface area (Å²) < 4.78 is 34.3. The first-order valence-electron chi connectivity index (χ1n) is 10.0. The zero-order valence-electron chi connectivity index (χ0n) is 16.8. The molecule has 1 aromatic carbocycles. The molecule has 1 aromatic rings. The average Bonchev–Trinajstić information content (AvgIpc) is 2.74. The summed E-state index contributed by atoms with van der Waals surface area (Å²) in [7, 11) is -0.180. The number of hydrogen-bond donors (Lipinski definition) is 0. The van der Waals surface area contributed by atoms with Gasteiger partial charge in [0, 0.05) is 51.9 Å². The van der Waals surface area contributed by atoms with Crippen LogP contribution in [0.1, 0.15) is 48.0 Å². The molecule has 1 saturated heterocycles.